The molecular formula is C18H17SiZr. The summed E-state index contributed by atoms with van der Waals surface area (Å²) in [6.07, 6.45) is 0. The third-order valence-corrected chi connectivity index (χ3v) is 10.5. The fourth-order valence-corrected chi connectivity index (χ4v) is 9.06. The first-order valence-corrected chi connectivity index (χ1v) is 11.6. The quantitative estimate of drug-likeness (QED) is 0.675. The third-order valence-electron chi connectivity index (χ3n) is 4.99. The maximum absolute atomic E-state index is 2.53. The Morgan fingerprint density at radius 1 is 0.950 bits per heavy atom. The number of rotatable bonds is 1. The molecule has 2 aromatic rings. The number of benzene rings is 2. The fraction of sp³-hybridized carbons (Fsp3) is 0.222. The Hall–Kier alpha value is -0.720. The van der Waals surface area contributed by atoms with Crippen molar-refractivity contribution in [3.05, 3.63) is 59.2 Å². The average molecular weight is 353 g/mol. The van der Waals surface area contributed by atoms with Gasteiger partial charge < -0.3 is 0 Å². The molecule has 0 nitrogen and oxygen atoms in total. The molecule has 1 unspecified atom stereocenters. The summed E-state index contributed by atoms with van der Waals surface area (Å²) < 4.78 is 0.691. The van der Waals surface area contributed by atoms with Crippen LogP contribution in [0.3, 0.4) is 0 Å². The van der Waals surface area contributed by atoms with Crippen molar-refractivity contribution in [2.75, 3.05) is 0 Å². The Bertz CT molecular complexity index is 756. The van der Waals surface area contributed by atoms with Gasteiger partial charge in [-0.3, -0.25) is 0 Å². The number of hydrogen-bond donors (Lipinski definition) is 0. The molecule has 0 amide bonds. The van der Waals surface area contributed by atoms with Crippen molar-refractivity contribution in [1.82, 2.24) is 0 Å². The maximum atomic E-state index is 2.53. The van der Waals surface area contributed by atoms with E-state index in [1.165, 1.54) is 5.56 Å². The second kappa shape index (κ2) is 4.15. The van der Waals surface area contributed by atoms with E-state index in [1.807, 2.05) is 0 Å². The molecule has 0 fully saturated rings. The predicted molar refractivity (Wildman–Crippen MR) is 84.3 cm³/mol. The summed E-state index contributed by atoms with van der Waals surface area (Å²) in [5.74, 6) is 0. The standard InChI is InChI=1S/C18H17Si.Zr/c1-12-11-14-9-10-15-16(13-7-5-4-6-8-13)17(14)18(12)19(15,2)3;/h4-11H,1-3H3;. The van der Waals surface area contributed by atoms with Crippen LogP contribution in [0.1, 0.15) is 21.7 Å². The summed E-state index contributed by atoms with van der Waals surface area (Å²) in [5.41, 5.74) is 7.84. The Labute approximate surface area is 136 Å². The van der Waals surface area contributed by atoms with Gasteiger partial charge in [-0.15, -0.1) is 0 Å². The van der Waals surface area contributed by atoms with Gasteiger partial charge in [-0.2, -0.15) is 0 Å². The van der Waals surface area contributed by atoms with Crippen molar-refractivity contribution in [3.63, 3.8) is 0 Å². The fourth-order valence-electron chi connectivity index (χ4n) is 4.07. The normalized spacial score (nSPS) is 21.6. The van der Waals surface area contributed by atoms with Crippen LogP contribution in [0.5, 0.6) is 0 Å². The van der Waals surface area contributed by atoms with Crippen LogP contribution in [0.25, 0.3) is 16.3 Å². The molecule has 0 N–H and O–H groups in total. The van der Waals surface area contributed by atoms with E-state index in [0.717, 1.165) is 0 Å². The summed E-state index contributed by atoms with van der Waals surface area (Å²) in [6.45, 7) is 7.43. The molecule has 1 aliphatic heterocycles. The van der Waals surface area contributed by atoms with E-state index >= 15 is 0 Å². The summed E-state index contributed by atoms with van der Waals surface area (Å²) in [6, 6.07) is 15.8. The molecule has 2 aliphatic rings. The zero-order chi connectivity index (χ0) is 14.1. The molecule has 0 radical (unpaired) electrons. The van der Waals surface area contributed by atoms with Gasteiger partial charge in [0.2, 0.25) is 0 Å². The second-order valence-corrected chi connectivity index (χ2v) is 12.1. The van der Waals surface area contributed by atoms with Crippen LogP contribution in [0.2, 0.25) is 13.1 Å². The molecule has 0 spiro atoms. The van der Waals surface area contributed by atoms with Crippen molar-refractivity contribution < 1.29 is 24.7 Å². The van der Waals surface area contributed by atoms with Gasteiger partial charge in [0.05, 0.1) is 0 Å². The molecule has 1 heterocycles. The Morgan fingerprint density at radius 3 is 2.35 bits per heavy atom. The number of hydrogen-bond acceptors (Lipinski definition) is 0. The van der Waals surface area contributed by atoms with Gasteiger partial charge >= 0.3 is 137 Å². The van der Waals surface area contributed by atoms with E-state index in [0.29, 0.717) is 3.63 Å². The van der Waals surface area contributed by atoms with Crippen molar-refractivity contribution in [1.29, 1.82) is 0 Å². The first-order chi connectivity index (χ1) is 9.53. The van der Waals surface area contributed by atoms with E-state index in [4.69, 9.17) is 0 Å². The Balaban J connectivity index is 2.13. The van der Waals surface area contributed by atoms with Crippen LogP contribution in [-0.4, -0.2) is 8.07 Å². The van der Waals surface area contributed by atoms with Crippen molar-refractivity contribution in [2.24, 2.45) is 0 Å². The molecule has 1 aliphatic carbocycles. The molecule has 20 heavy (non-hydrogen) atoms. The van der Waals surface area contributed by atoms with Crippen LogP contribution in [0.4, 0.5) is 0 Å². The van der Waals surface area contributed by atoms with Gasteiger partial charge in [0, 0.05) is 0 Å². The van der Waals surface area contributed by atoms with Crippen LogP contribution in [0.15, 0.2) is 48.0 Å². The molecule has 0 saturated carbocycles. The molecule has 2 heteroatoms. The molecule has 4 rings (SSSR count). The van der Waals surface area contributed by atoms with E-state index in [1.54, 1.807) is 57.4 Å². The molecule has 1 atom stereocenters. The third kappa shape index (κ3) is 1.45. The van der Waals surface area contributed by atoms with Gasteiger partial charge in [0.15, 0.2) is 0 Å². The average Bonchev–Trinajstić information content (AvgIpc) is 2.79. The zero-order valence-electron chi connectivity index (χ0n) is 12.1. The van der Waals surface area contributed by atoms with Crippen molar-refractivity contribution in [2.45, 2.75) is 23.6 Å². The van der Waals surface area contributed by atoms with E-state index in [2.05, 4.69) is 62.5 Å². The number of fused-ring (bicyclic) bond motifs is 1. The summed E-state index contributed by atoms with van der Waals surface area (Å²) in [7, 11) is -1.48. The molecule has 0 aromatic heterocycles. The van der Waals surface area contributed by atoms with Crippen LogP contribution >= 0.6 is 0 Å². The zero-order valence-corrected chi connectivity index (χ0v) is 15.6. The van der Waals surface area contributed by atoms with Gasteiger partial charge in [-0.05, 0) is 0 Å². The van der Waals surface area contributed by atoms with Crippen molar-refractivity contribution >= 4 is 18.5 Å². The minimum atomic E-state index is -1.48. The Kier molecular flexibility index (Phi) is 2.69. The van der Waals surface area contributed by atoms with Crippen LogP contribution < -0.4 is 5.19 Å². The summed E-state index contributed by atoms with van der Waals surface area (Å²) in [4.78, 5) is 0. The SMILES string of the molecule is CC1=C2c3c(ccc(c3-c3ccccc3)[Si]2(C)C)[CH]1[Zr]. The molecular weight excluding hydrogens is 336 g/mol. The van der Waals surface area contributed by atoms with Crippen LogP contribution in [0, 0.1) is 0 Å². The first kappa shape index (κ1) is 13.0. The predicted octanol–water partition coefficient (Wildman–Crippen LogP) is 4.20. The Morgan fingerprint density at radius 2 is 1.65 bits per heavy atom. The van der Waals surface area contributed by atoms with E-state index in [-0.39, 0.29) is 0 Å². The van der Waals surface area contributed by atoms with Crippen LogP contribution in [-0.2, 0) is 24.7 Å². The minimum absolute atomic E-state index is 0.691. The molecule has 0 saturated heterocycles. The molecule has 97 valence electrons. The molecule has 2 bridgehead atoms. The van der Waals surface area contributed by atoms with Gasteiger partial charge in [-0.25, -0.2) is 0 Å². The first-order valence-electron chi connectivity index (χ1n) is 7.19. The van der Waals surface area contributed by atoms with E-state index in [9.17, 15) is 0 Å². The van der Waals surface area contributed by atoms with Gasteiger partial charge in [-0.1, -0.05) is 0 Å². The number of allylic oxidation sites excluding steroid dienone is 1. The molecule has 2 aromatic carbocycles. The second-order valence-electron chi connectivity index (χ2n) is 6.43. The summed E-state index contributed by atoms with van der Waals surface area (Å²) in [5, 5.41) is 3.38. The van der Waals surface area contributed by atoms with Crippen molar-refractivity contribution in [3.8, 4) is 11.1 Å². The van der Waals surface area contributed by atoms with Gasteiger partial charge in [0.1, 0.15) is 0 Å². The monoisotopic (exact) mass is 351 g/mol. The topological polar surface area (TPSA) is 0 Å². The summed E-state index contributed by atoms with van der Waals surface area (Å²) >= 11 is 1.63. The van der Waals surface area contributed by atoms with Gasteiger partial charge in [0.25, 0.3) is 0 Å². The van der Waals surface area contributed by atoms with E-state index < -0.39 is 8.07 Å².